The first-order valence-corrected chi connectivity index (χ1v) is 8.53. The molecule has 27 heavy (non-hydrogen) atoms. The topological polar surface area (TPSA) is 94.0 Å². The van der Waals surface area contributed by atoms with Crippen LogP contribution >= 0.6 is 11.6 Å². The first-order valence-electron chi connectivity index (χ1n) is 8.15. The summed E-state index contributed by atoms with van der Waals surface area (Å²) in [6.45, 7) is 2.39. The van der Waals surface area contributed by atoms with Gasteiger partial charge in [-0.2, -0.15) is 4.98 Å². The van der Waals surface area contributed by atoms with Crippen LogP contribution in [0.2, 0.25) is 5.02 Å². The number of aromatic nitrogens is 5. The molecule has 8 nitrogen and oxygen atoms in total. The average Bonchev–Trinajstić information content (AvgIpc) is 3.32. The fourth-order valence-corrected chi connectivity index (χ4v) is 2.71. The Balaban J connectivity index is 1.52. The second-order valence-corrected chi connectivity index (χ2v) is 6.43. The van der Waals surface area contributed by atoms with Crippen molar-refractivity contribution in [3.05, 3.63) is 59.0 Å². The van der Waals surface area contributed by atoms with Gasteiger partial charge in [-0.05, 0) is 31.2 Å². The van der Waals surface area contributed by atoms with Crippen LogP contribution in [0.3, 0.4) is 0 Å². The summed E-state index contributed by atoms with van der Waals surface area (Å²) in [4.78, 5) is 10.8. The molecule has 0 bridgehead atoms. The molecular formula is C18H15ClN6O2. The van der Waals surface area contributed by atoms with Gasteiger partial charge in [-0.3, -0.25) is 0 Å². The third-order valence-corrected chi connectivity index (χ3v) is 4.26. The van der Waals surface area contributed by atoms with Crippen LogP contribution < -0.4 is 4.90 Å². The molecule has 0 aliphatic rings. The second kappa shape index (κ2) is 7.16. The largest absolute Gasteiger partial charge is 0.354 e. The molecule has 136 valence electrons. The maximum Gasteiger partial charge on any atom is 0.259 e. The number of hydrogen-bond acceptors (Lipinski definition) is 8. The van der Waals surface area contributed by atoms with Crippen molar-refractivity contribution in [2.45, 2.75) is 13.5 Å². The van der Waals surface area contributed by atoms with Crippen LogP contribution in [0.4, 0.5) is 5.82 Å². The zero-order valence-electron chi connectivity index (χ0n) is 14.6. The van der Waals surface area contributed by atoms with Gasteiger partial charge >= 0.3 is 0 Å². The third-order valence-electron chi connectivity index (χ3n) is 4.03. The van der Waals surface area contributed by atoms with E-state index >= 15 is 0 Å². The van der Waals surface area contributed by atoms with E-state index in [1.807, 2.05) is 43.1 Å². The van der Waals surface area contributed by atoms with Crippen molar-refractivity contribution in [1.29, 1.82) is 0 Å². The van der Waals surface area contributed by atoms with Gasteiger partial charge in [-0.25, -0.2) is 9.61 Å². The van der Waals surface area contributed by atoms with Gasteiger partial charge in [0.1, 0.15) is 17.2 Å². The Labute approximate surface area is 159 Å². The van der Waals surface area contributed by atoms with Gasteiger partial charge in [0.25, 0.3) is 5.89 Å². The Bertz CT molecular complexity index is 1060. The van der Waals surface area contributed by atoms with Gasteiger partial charge in [0.05, 0.1) is 12.1 Å². The van der Waals surface area contributed by atoms with E-state index in [1.165, 1.54) is 0 Å². The molecule has 1 aromatic carbocycles. The number of benzene rings is 1. The summed E-state index contributed by atoms with van der Waals surface area (Å²) < 4.78 is 10.1. The summed E-state index contributed by atoms with van der Waals surface area (Å²) in [5.74, 6) is 1.64. The first-order chi connectivity index (χ1) is 13.1. The standard InChI is InChI=1S/C18H15ClN6O2/c1-11-15(23-27-22-11)10-25(2)16-7-6-13(9-20-16)18-21-17(24-26-18)12-4-3-5-14(19)8-12/h3-9H,10H2,1-2H3. The predicted octanol–water partition coefficient (Wildman–Crippen LogP) is 3.78. The lowest BCUT2D eigenvalue weighted by atomic mass is 10.2. The number of aryl methyl sites for hydroxylation is 1. The van der Waals surface area contributed by atoms with E-state index in [4.69, 9.17) is 20.8 Å². The summed E-state index contributed by atoms with van der Waals surface area (Å²) in [7, 11) is 1.92. The van der Waals surface area contributed by atoms with Gasteiger partial charge < -0.3 is 9.42 Å². The van der Waals surface area contributed by atoms with Crippen molar-refractivity contribution in [1.82, 2.24) is 25.4 Å². The van der Waals surface area contributed by atoms with Crippen molar-refractivity contribution in [2.75, 3.05) is 11.9 Å². The highest BCUT2D eigenvalue weighted by Gasteiger charge is 2.13. The van der Waals surface area contributed by atoms with E-state index in [2.05, 4.69) is 25.4 Å². The summed E-state index contributed by atoms with van der Waals surface area (Å²) >= 11 is 6.01. The molecule has 0 aliphatic heterocycles. The van der Waals surface area contributed by atoms with Gasteiger partial charge in [-0.1, -0.05) is 39.2 Å². The number of hydrogen-bond donors (Lipinski definition) is 0. The van der Waals surface area contributed by atoms with Crippen molar-refractivity contribution in [2.24, 2.45) is 0 Å². The van der Waals surface area contributed by atoms with Crippen molar-refractivity contribution >= 4 is 17.4 Å². The molecule has 4 rings (SSSR count). The van der Waals surface area contributed by atoms with Crippen molar-refractivity contribution in [3.63, 3.8) is 0 Å². The maximum absolute atomic E-state index is 6.01. The lowest BCUT2D eigenvalue weighted by Gasteiger charge is -2.16. The number of nitrogens with zero attached hydrogens (tertiary/aromatic N) is 6. The van der Waals surface area contributed by atoms with E-state index in [9.17, 15) is 0 Å². The highest BCUT2D eigenvalue weighted by Crippen LogP contribution is 2.24. The molecule has 0 spiro atoms. The quantitative estimate of drug-likeness (QED) is 0.514. The van der Waals surface area contributed by atoms with Crippen LogP contribution in [0, 0.1) is 6.92 Å². The van der Waals surface area contributed by atoms with Gasteiger partial charge in [0, 0.05) is 23.8 Å². The van der Waals surface area contributed by atoms with Crippen LogP contribution in [0.5, 0.6) is 0 Å². The molecule has 0 saturated heterocycles. The van der Waals surface area contributed by atoms with E-state index in [-0.39, 0.29) is 0 Å². The minimum atomic E-state index is 0.392. The van der Waals surface area contributed by atoms with Crippen LogP contribution in [-0.4, -0.2) is 32.5 Å². The molecule has 0 N–H and O–H groups in total. The molecule has 0 aliphatic carbocycles. The zero-order valence-corrected chi connectivity index (χ0v) is 15.4. The van der Waals surface area contributed by atoms with Crippen LogP contribution in [-0.2, 0) is 6.54 Å². The molecule has 0 fully saturated rings. The third kappa shape index (κ3) is 3.65. The highest BCUT2D eigenvalue weighted by molar-refractivity contribution is 6.30. The van der Waals surface area contributed by atoms with Crippen molar-refractivity contribution in [3.8, 4) is 22.8 Å². The van der Waals surface area contributed by atoms with Gasteiger partial charge in [-0.15, -0.1) is 0 Å². The summed E-state index contributed by atoms with van der Waals surface area (Å²) in [5, 5.41) is 12.3. The Morgan fingerprint density at radius 3 is 2.67 bits per heavy atom. The Hall–Kier alpha value is -3.26. The summed E-state index contributed by atoms with van der Waals surface area (Å²) in [6, 6.07) is 11.0. The minimum absolute atomic E-state index is 0.392. The Morgan fingerprint density at radius 2 is 1.96 bits per heavy atom. The normalized spacial score (nSPS) is 10.9. The molecule has 9 heteroatoms. The Kier molecular flexibility index (Phi) is 4.55. The van der Waals surface area contributed by atoms with Gasteiger partial charge in [0.15, 0.2) is 0 Å². The molecule has 3 heterocycles. The van der Waals surface area contributed by atoms with Crippen LogP contribution in [0.15, 0.2) is 51.7 Å². The van der Waals surface area contributed by atoms with E-state index in [0.29, 0.717) is 23.3 Å². The van der Waals surface area contributed by atoms with Gasteiger partial charge in [0.2, 0.25) is 5.82 Å². The molecule has 0 unspecified atom stereocenters. The summed E-state index contributed by atoms with van der Waals surface area (Å²) in [5.41, 5.74) is 3.05. The molecule has 0 saturated carbocycles. The SMILES string of the molecule is Cc1nonc1CN(C)c1ccc(-c2nc(-c3cccc(Cl)c3)no2)cn1. The molecule has 0 amide bonds. The minimum Gasteiger partial charge on any atom is -0.354 e. The lowest BCUT2D eigenvalue weighted by Crippen LogP contribution is -2.18. The van der Waals surface area contributed by atoms with Crippen LogP contribution in [0.25, 0.3) is 22.8 Å². The van der Waals surface area contributed by atoms with Crippen LogP contribution in [0.1, 0.15) is 11.4 Å². The van der Waals surface area contributed by atoms with E-state index in [0.717, 1.165) is 28.3 Å². The van der Waals surface area contributed by atoms with Crippen molar-refractivity contribution < 1.29 is 9.15 Å². The number of pyridine rings is 1. The second-order valence-electron chi connectivity index (χ2n) is 5.99. The number of halogens is 1. The fourth-order valence-electron chi connectivity index (χ4n) is 2.52. The fraction of sp³-hybridized carbons (Fsp3) is 0.167. The molecule has 0 radical (unpaired) electrons. The molecular weight excluding hydrogens is 368 g/mol. The summed E-state index contributed by atoms with van der Waals surface area (Å²) in [6.07, 6.45) is 1.69. The number of anilines is 1. The highest BCUT2D eigenvalue weighted by atomic mass is 35.5. The number of rotatable bonds is 5. The zero-order chi connectivity index (χ0) is 18.8. The lowest BCUT2D eigenvalue weighted by molar-refractivity contribution is 0.301. The monoisotopic (exact) mass is 382 g/mol. The van der Waals surface area contributed by atoms with E-state index in [1.54, 1.807) is 18.3 Å². The molecule has 0 atom stereocenters. The maximum atomic E-state index is 6.01. The van der Waals surface area contributed by atoms with E-state index < -0.39 is 0 Å². The molecule has 4 aromatic rings. The average molecular weight is 383 g/mol. The predicted molar refractivity (Wildman–Crippen MR) is 99.1 cm³/mol. The smallest absolute Gasteiger partial charge is 0.259 e. The Morgan fingerprint density at radius 1 is 1.07 bits per heavy atom. The first kappa shape index (κ1) is 17.2. The molecule has 3 aromatic heterocycles.